The van der Waals surface area contributed by atoms with Crippen molar-refractivity contribution in [3.05, 3.63) is 28.7 Å². The topological polar surface area (TPSA) is 55.6 Å². The molecule has 86 valence electrons. The molecule has 1 rings (SSSR count). The van der Waals surface area contributed by atoms with Crippen LogP contribution in [0.2, 0.25) is 0 Å². The Bertz CT molecular complexity index is 419. The lowest BCUT2D eigenvalue weighted by Gasteiger charge is -2.01. The maximum Gasteiger partial charge on any atom is 0.358 e. The van der Waals surface area contributed by atoms with Crippen molar-refractivity contribution in [2.75, 3.05) is 19.5 Å². The second-order valence-electron chi connectivity index (χ2n) is 2.88. The van der Waals surface area contributed by atoms with E-state index < -0.39 is 0 Å². The molecule has 0 radical (unpaired) electrons. The van der Waals surface area contributed by atoms with Crippen LogP contribution in [0.15, 0.2) is 18.2 Å². The van der Waals surface area contributed by atoms with Gasteiger partial charge in [0.05, 0.1) is 17.3 Å². The van der Waals surface area contributed by atoms with Crippen LogP contribution < -0.4 is 4.74 Å². The molecule has 1 aromatic rings. The number of carbonyl (C=O) groups is 1. The summed E-state index contributed by atoms with van der Waals surface area (Å²) in [5.74, 6) is 0.233. The number of nitrogens with zero attached hydrogens (tertiary/aromatic N) is 1. The Labute approximate surface area is 101 Å². The number of ketones is 1. The number of methoxy groups -OCH3 is 1. The molecular formula is C10H11BrNO4+. The molecule has 0 atom stereocenters. The van der Waals surface area contributed by atoms with E-state index in [4.69, 9.17) is 4.74 Å². The molecule has 0 aromatic heterocycles. The molecular weight excluding hydrogens is 278 g/mol. The van der Waals surface area contributed by atoms with Crippen molar-refractivity contribution < 1.29 is 19.3 Å². The van der Waals surface area contributed by atoms with Crippen molar-refractivity contribution in [1.29, 1.82) is 0 Å². The number of rotatable bonds is 5. The first kappa shape index (κ1) is 12.6. The summed E-state index contributed by atoms with van der Waals surface area (Å²) < 4.78 is 4.99. The number of benzene rings is 1. The lowest BCUT2D eigenvalue weighted by molar-refractivity contribution is -0.736. The van der Waals surface area contributed by atoms with Crippen LogP contribution in [0, 0.1) is 4.91 Å². The zero-order valence-electron chi connectivity index (χ0n) is 8.90. The zero-order chi connectivity index (χ0) is 12.1. The summed E-state index contributed by atoms with van der Waals surface area (Å²) in [5.41, 5.74) is 0.586. The maximum absolute atomic E-state index is 11.4. The van der Waals surface area contributed by atoms with Crippen molar-refractivity contribution in [2.24, 2.45) is 0 Å². The normalized spacial score (nSPS) is 9.69. The first-order valence-electron chi connectivity index (χ1n) is 4.42. The van der Waals surface area contributed by atoms with Crippen LogP contribution >= 0.6 is 15.9 Å². The minimum Gasteiger partial charge on any atom is -0.490 e. The largest absolute Gasteiger partial charge is 0.490 e. The smallest absolute Gasteiger partial charge is 0.358 e. The van der Waals surface area contributed by atoms with Gasteiger partial charge in [0, 0.05) is 11.6 Å². The van der Waals surface area contributed by atoms with Crippen molar-refractivity contribution >= 4 is 27.4 Å². The zero-order valence-corrected chi connectivity index (χ0v) is 10.5. The fourth-order valence-corrected chi connectivity index (χ4v) is 1.51. The van der Waals surface area contributed by atoms with Crippen LogP contribution in [-0.2, 0) is 4.84 Å². The van der Waals surface area contributed by atoms with Crippen molar-refractivity contribution in [2.45, 2.75) is 0 Å². The Balaban J connectivity index is 3.21. The number of halogens is 1. The Hall–Kier alpha value is -1.43. The Morgan fingerprint density at radius 3 is 2.62 bits per heavy atom. The monoisotopic (exact) mass is 288 g/mol. The van der Waals surface area contributed by atoms with Crippen molar-refractivity contribution in [3.63, 3.8) is 0 Å². The van der Waals surface area contributed by atoms with Crippen LogP contribution in [0.25, 0.3) is 0 Å². The highest BCUT2D eigenvalue weighted by Crippen LogP contribution is 2.28. The number of hydrogen-bond acceptors (Lipinski definition) is 4. The van der Waals surface area contributed by atoms with Gasteiger partial charge in [-0.2, -0.15) is 0 Å². The maximum atomic E-state index is 11.4. The van der Waals surface area contributed by atoms with Gasteiger partial charge in [-0.1, -0.05) is 15.9 Å². The van der Waals surface area contributed by atoms with E-state index in [0.29, 0.717) is 16.2 Å². The van der Waals surface area contributed by atoms with Gasteiger partial charge in [0.15, 0.2) is 12.9 Å². The fourth-order valence-electron chi connectivity index (χ4n) is 1.18. The van der Waals surface area contributed by atoms with E-state index >= 15 is 0 Å². The molecule has 0 spiro atoms. The predicted octanol–water partition coefficient (Wildman–Crippen LogP) is 2.24. The van der Waals surface area contributed by atoms with Gasteiger partial charge < -0.3 is 4.74 Å². The standard InChI is InChI=1S/C10H11BrNO4/c1-15-10-4-3-7(9(13)6-11)5-8(10)12(14)16-2/h3-5H,6H2,1-2H3/q+1. The molecule has 5 nitrogen and oxygen atoms in total. The Kier molecular flexibility index (Phi) is 4.42. The summed E-state index contributed by atoms with van der Waals surface area (Å²) >= 11 is 3.06. The SMILES string of the molecule is COc1ccc(C(=O)CBr)cc1[N+](=O)OC. The van der Waals surface area contributed by atoms with E-state index in [1.54, 1.807) is 12.1 Å². The Morgan fingerprint density at radius 1 is 1.44 bits per heavy atom. The lowest BCUT2D eigenvalue weighted by atomic mass is 10.1. The number of carbonyl (C=O) groups excluding carboxylic acids is 1. The third-order valence-corrected chi connectivity index (χ3v) is 2.49. The van der Waals surface area contributed by atoms with Gasteiger partial charge in [0.2, 0.25) is 5.75 Å². The van der Waals surface area contributed by atoms with Gasteiger partial charge in [-0.3, -0.25) is 4.79 Å². The molecule has 0 aliphatic carbocycles. The summed E-state index contributed by atoms with van der Waals surface area (Å²) in [6.07, 6.45) is 0. The molecule has 0 bridgehead atoms. The molecule has 1 aromatic carbocycles. The highest BCUT2D eigenvalue weighted by molar-refractivity contribution is 9.09. The van der Waals surface area contributed by atoms with Gasteiger partial charge in [0.1, 0.15) is 0 Å². The summed E-state index contributed by atoms with van der Waals surface area (Å²) in [4.78, 5) is 27.6. The first-order valence-corrected chi connectivity index (χ1v) is 5.54. The molecule has 0 aliphatic rings. The molecule has 0 unspecified atom stereocenters. The molecule has 0 fully saturated rings. The predicted molar refractivity (Wildman–Crippen MR) is 61.4 cm³/mol. The summed E-state index contributed by atoms with van der Waals surface area (Å²) in [7, 11) is 2.68. The average Bonchev–Trinajstić information content (AvgIpc) is 2.35. The quantitative estimate of drug-likeness (QED) is 0.474. The third kappa shape index (κ3) is 2.57. The summed E-state index contributed by atoms with van der Waals surface area (Å²) in [6, 6.07) is 4.57. The third-order valence-electron chi connectivity index (χ3n) is 1.98. The first-order chi connectivity index (χ1) is 7.63. The molecule has 16 heavy (non-hydrogen) atoms. The molecule has 0 N–H and O–H groups in total. The average molecular weight is 289 g/mol. The van der Waals surface area contributed by atoms with Gasteiger partial charge in [-0.25, -0.2) is 4.84 Å². The Morgan fingerprint density at radius 2 is 2.12 bits per heavy atom. The van der Waals surface area contributed by atoms with E-state index in [1.807, 2.05) is 0 Å². The molecule has 0 aliphatic heterocycles. The highest BCUT2D eigenvalue weighted by Gasteiger charge is 2.23. The lowest BCUT2D eigenvalue weighted by Crippen LogP contribution is -2.05. The molecule has 0 amide bonds. The molecule has 0 saturated heterocycles. The van der Waals surface area contributed by atoms with Gasteiger partial charge in [0.25, 0.3) is 4.92 Å². The second kappa shape index (κ2) is 5.60. The van der Waals surface area contributed by atoms with Gasteiger partial charge >= 0.3 is 5.69 Å². The van der Waals surface area contributed by atoms with Crippen LogP contribution in [-0.4, -0.2) is 30.3 Å². The summed E-state index contributed by atoms with van der Waals surface area (Å²) in [6.45, 7) is 0. The van der Waals surface area contributed by atoms with Crippen LogP contribution in [0.1, 0.15) is 10.4 Å². The fraction of sp³-hybridized carbons (Fsp3) is 0.300. The van der Waals surface area contributed by atoms with E-state index in [2.05, 4.69) is 20.8 Å². The minimum absolute atomic E-state index is 0.117. The molecule has 6 heteroatoms. The highest BCUT2D eigenvalue weighted by atomic mass is 79.9. The van der Waals surface area contributed by atoms with E-state index in [1.165, 1.54) is 20.3 Å². The number of ether oxygens (including phenoxy) is 1. The number of hydrogen-bond donors (Lipinski definition) is 0. The van der Waals surface area contributed by atoms with Crippen LogP contribution in [0.5, 0.6) is 5.75 Å². The van der Waals surface area contributed by atoms with Crippen molar-refractivity contribution in [3.8, 4) is 5.75 Å². The van der Waals surface area contributed by atoms with E-state index in [0.717, 1.165) is 0 Å². The van der Waals surface area contributed by atoms with Crippen molar-refractivity contribution in [1.82, 2.24) is 0 Å². The summed E-state index contributed by atoms with van der Waals surface area (Å²) in [5, 5.41) is 0.199. The van der Waals surface area contributed by atoms with Crippen LogP contribution in [0.3, 0.4) is 0 Å². The van der Waals surface area contributed by atoms with E-state index in [-0.39, 0.29) is 16.8 Å². The van der Waals surface area contributed by atoms with Gasteiger partial charge in [-0.15, -0.1) is 0 Å². The number of alkyl halides is 1. The van der Waals surface area contributed by atoms with E-state index in [9.17, 15) is 9.70 Å². The molecule has 0 saturated carbocycles. The van der Waals surface area contributed by atoms with Crippen LogP contribution in [0.4, 0.5) is 5.69 Å². The van der Waals surface area contributed by atoms with Gasteiger partial charge in [-0.05, 0) is 12.1 Å². The number of Topliss-reactive ketones (excluding diaryl/α,β-unsaturated/α-hetero) is 1. The second-order valence-corrected chi connectivity index (χ2v) is 3.44. The minimum atomic E-state index is -0.117. The molecule has 0 heterocycles.